The molecule has 0 aliphatic carbocycles. The molecule has 0 radical (unpaired) electrons. The molecule has 2 amide bonds. The molecule has 2 aromatic rings. The maximum Gasteiger partial charge on any atom is 0.286 e. The van der Waals surface area contributed by atoms with Crippen LogP contribution in [0.3, 0.4) is 0 Å². The largest absolute Gasteiger partial charge is 0.345 e. The second-order valence-corrected chi connectivity index (χ2v) is 7.92. The number of nitrogens with one attached hydrogen (secondary N) is 2. The highest BCUT2D eigenvalue weighted by molar-refractivity contribution is 7.89. The lowest BCUT2D eigenvalue weighted by atomic mass is 10.1. The maximum atomic E-state index is 12.6. The number of sulfonamides is 1. The van der Waals surface area contributed by atoms with Crippen molar-refractivity contribution in [1.82, 2.24) is 19.7 Å². The summed E-state index contributed by atoms with van der Waals surface area (Å²) in [6, 6.07) is 8.27. The lowest BCUT2D eigenvalue weighted by Crippen LogP contribution is -2.42. The summed E-state index contributed by atoms with van der Waals surface area (Å²) in [6.45, 7) is 5.96. The number of rotatable bonds is 6. The number of hydrazine groups is 1. The number of amides is 2. The van der Waals surface area contributed by atoms with Crippen LogP contribution in [0, 0.1) is 6.92 Å². The topological polar surface area (TPSA) is 101 Å². The van der Waals surface area contributed by atoms with Crippen LogP contribution < -0.4 is 10.9 Å². The lowest BCUT2D eigenvalue weighted by molar-refractivity contribution is 0.0841. The molecule has 0 aliphatic heterocycles. The normalized spacial score (nSPS) is 11.4. The summed E-state index contributed by atoms with van der Waals surface area (Å²) in [5.41, 5.74) is 6.00. The predicted molar refractivity (Wildman–Crippen MR) is 102 cm³/mol. The Bertz CT molecular complexity index is 946. The zero-order valence-electron chi connectivity index (χ0n) is 15.8. The fraction of sp³-hybridized carbons (Fsp3) is 0.333. The fourth-order valence-corrected chi connectivity index (χ4v) is 4.22. The summed E-state index contributed by atoms with van der Waals surface area (Å²) in [7, 11) is -2.10. The molecule has 27 heavy (non-hydrogen) atoms. The van der Waals surface area contributed by atoms with Gasteiger partial charge in [-0.05, 0) is 24.6 Å². The third-order valence-electron chi connectivity index (χ3n) is 4.23. The van der Waals surface area contributed by atoms with Crippen LogP contribution in [-0.4, -0.2) is 42.2 Å². The second kappa shape index (κ2) is 8.36. The van der Waals surface area contributed by atoms with Gasteiger partial charge in [-0.3, -0.25) is 20.4 Å². The first-order valence-corrected chi connectivity index (χ1v) is 9.99. The molecule has 0 bridgehead atoms. The van der Waals surface area contributed by atoms with Gasteiger partial charge in [0.1, 0.15) is 10.6 Å². The van der Waals surface area contributed by atoms with Gasteiger partial charge < -0.3 is 4.57 Å². The minimum Gasteiger partial charge on any atom is -0.345 e. The lowest BCUT2D eigenvalue weighted by Gasteiger charge is -2.17. The smallest absolute Gasteiger partial charge is 0.286 e. The molecule has 0 unspecified atom stereocenters. The van der Waals surface area contributed by atoms with Crippen LogP contribution in [0.2, 0.25) is 0 Å². The summed E-state index contributed by atoms with van der Waals surface area (Å²) in [4.78, 5) is 24.6. The van der Waals surface area contributed by atoms with Crippen molar-refractivity contribution in [2.75, 3.05) is 13.1 Å². The van der Waals surface area contributed by atoms with Crippen molar-refractivity contribution in [2.24, 2.45) is 7.05 Å². The van der Waals surface area contributed by atoms with E-state index in [0.717, 1.165) is 5.56 Å². The van der Waals surface area contributed by atoms with E-state index in [-0.39, 0.29) is 10.6 Å². The highest BCUT2D eigenvalue weighted by Gasteiger charge is 2.25. The SMILES string of the molecule is CCN(CC)S(=O)(=O)c1cc(C(=O)NNC(=O)c2ccccc2C)n(C)c1. The van der Waals surface area contributed by atoms with Gasteiger partial charge in [0.25, 0.3) is 11.8 Å². The Morgan fingerprint density at radius 2 is 1.67 bits per heavy atom. The standard InChI is InChI=1S/C18H24N4O4S/c1-5-22(6-2)27(25,26)14-11-16(21(4)12-14)18(24)20-19-17(23)15-10-8-7-9-13(15)3/h7-12H,5-6H2,1-4H3,(H,19,23)(H,20,24). The van der Waals surface area contributed by atoms with E-state index in [4.69, 9.17) is 0 Å². The second-order valence-electron chi connectivity index (χ2n) is 5.98. The average Bonchev–Trinajstić information content (AvgIpc) is 3.03. The van der Waals surface area contributed by atoms with Gasteiger partial charge in [0.2, 0.25) is 10.0 Å². The fourth-order valence-electron chi connectivity index (χ4n) is 2.69. The highest BCUT2D eigenvalue weighted by atomic mass is 32.2. The molecule has 2 N–H and O–H groups in total. The monoisotopic (exact) mass is 392 g/mol. The van der Waals surface area contributed by atoms with E-state index in [0.29, 0.717) is 18.7 Å². The Morgan fingerprint density at radius 3 is 2.26 bits per heavy atom. The number of aromatic nitrogens is 1. The van der Waals surface area contributed by atoms with E-state index < -0.39 is 21.8 Å². The van der Waals surface area contributed by atoms with E-state index in [1.54, 1.807) is 46.0 Å². The number of hydrogen-bond acceptors (Lipinski definition) is 4. The summed E-state index contributed by atoms with van der Waals surface area (Å²) >= 11 is 0. The molecular formula is C18H24N4O4S. The van der Waals surface area contributed by atoms with Crippen molar-refractivity contribution in [1.29, 1.82) is 0 Å². The molecule has 146 valence electrons. The van der Waals surface area contributed by atoms with Gasteiger partial charge in [0.15, 0.2) is 0 Å². The van der Waals surface area contributed by atoms with E-state index in [1.165, 1.54) is 21.1 Å². The molecule has 1 heterocycles. The Hall–Kier alpha value is -2.65. The van der Waals surface area contributed by atoms with Crippen LogP contribution in [0.4, 0.5) is 0 Å². The van der Waals surface area contributed by atoms with Gasteiger partial charge in [-0.15, -0.1) is 0 Å². The number of carbonyl (C=O) groups is 2. The van der Waals surface area contributed by atoms with E-state index in [2.05, 4.69) is 10.9 Å². The van der Waals surface area contributed by atoms with Crippen LogP contribution in [0.1, 0.15) is 40.3 Å². The van der Waals surface area contributed by atoms with Gasteiger partial charge in [-0.25, -0.2) is 8.42 Å². The summed E-state index contributed by atoms with van der Waals surface area (Å²) in [5, 5.41) is 0. The molecule has 0 atom stereocenters. The molecule has 0 spiro atoms. The van der Waals surface area contributed by atoms with Crippen LogP contribution in [0.5, 0.6) is 0 Å². The molecule has 0 saturated carbocycles. The van der Waals surface area contributed by atoms with Gasteiger partial charge >= 0.3 is 0 Å². The third kappa shape index (κ3) is 4.37. The average molecular weight is 392 g/mol. The Kier molecular flexibility index (Phi) is 6.40. The molecule has 8 nitrogen and oxygen atoms in total. The Morgan fingerprint density at radius 1 is 1.07 bits per heavy atom. The summed E-state index contributed by atoms with van der Waals surface area (Å²) in [6.07, 6.45) is 1.38. The number of carbonyl (C=O) groups excluding carboxylic acids is 2. The van der Waals surface area contributed by atoms with Crippen LogP contribution in [0.15, 0.2) is 41.4 Å². The molecule has 0 saturated heterocycles. The quantitative estimate of drug-likeness (QED) is 0.727. The molecule has 0 aliphatic rings. The molecular weight excluding hydrogens is 368 g/mol. The first-order chi connectivity index (χ1) is 12.7. The van der Waals surface area contributed by atoms with Gasteiger partial charge in [0, 0.05) is 31.9 Å². The third-order valence-corrected chi connectivity index (χ3v) is 6.25. The molecule has 1 aromatic carbocycles. The Balaban J connectivity index is 2.15. The maximum absolute atomic E-state index is 12.6. The van der Waals surface area contributed by atoms with Crippen LogP contribution in [-0.2, 0) is 17.1 Å². The first-order valence-electron chi connectivity index (χ1n) is 8.55. The van der Waals surface area contributed by atoms with Gasteiger partial charge in [-0.1, -0.05) is 32.0 Å². The van der Waals surface area contributed by atoms with Crippen LogP contribution >= 0.6 is 0 Å². The van der Waals surface area contributed by atoms with Crippen molar-refractivity contribution in [2.45, 2.75) is 25.7 Å². The van der Waals surface area contributed by atoms with E-state index >= 15 is 0 Å². The van der Waals surface area contributed by atoms with E-state index in [1.807, 2.05) is 6.07 Å². The molecule has 2 rings (SSSR count). The minimum absolute atomic E-state index is 0.0316. The predicted octanol–water partition coefficient (Wildman–Crippen LogP) is 1.44. The van der Waals surface area contributed by atoms with Crippen molar-refractivity contribution in [3.8, 4) is 0 Å². The van der Waals surface area contributed by atoms with Gasteiger partial charge in [-0.2, -0.15) is 4.31 Å². The zero-order valence-corrected chi connectivity index (χ0v) is 16.6. The minimum atomic E-state index is -3.67. The molecule has 9 heteroatoms. The van der Waals surface area contributed by atoms with Crippen LogP contribution in [0.25, 0.3) is 0 Å². The number of aryl methyl sites for hydroxylation is 2. The highest BCUT2D eigenvalue weighted by Crippen LogP contribution is 2.18. The number of benzene rings is 1. The number of nitrogens with zero attached hydrogens (tertiary/aromatic N) is 2. The van der Waals surface area contributed by atoms with Crippen molar-refractivity contribution in [3.63, 3.8) is 0 Å². The van der Waals surface area contributed by atoms with Crippen molar-refractivity contribution < 1.29 is 18.0 Å². The molecule has 1 aromatic heterocycles. The number of hydrogen-bond donors (Lipinski definition) is 2. The van der Waals surface area contributed by atoms with E-state index in [9.17, 15) is 18.0 Å². The summed E-state index contributed by atoms with van der Waals surface area (Å²) in [5.74, 6) is -1.06. The Labute approximate surface area is 159 Å². The molecule has 0 fully saturated rings. The first kappa shape index (κ1) is 20.7. The zero-order chi connectivity index (χ0) is 20.2. The van der Waals surface area contributed by atoms with Crippen molar-refractivity contribution >= 4 is 21.8 Å². The summed E-state index contributed by atoms with van der Waals surface area (Å²) < 4.78 is 27.9. The van der Waals surface area contributed by atoms with Crippen molar-refractivity contribution in [3.05, 3.63) is 53.3 Å². The van der Waals surface area contributed by atoms with Gasteiger partial charge in [0.05, 0.1) is 0 Å².